The van der Waals surface area contributed by atoms with E-state index in [-0.39, 0.29) is 5.91 Å². The molecule has 1 aromatic carbocycles. The molecule has 0 N–H and O–H groups in total. The molecule has 0 atom stereocenters. The zero-order valence-electron chi connectivity index (χ0n) is 11.5. The quantitative estimate of drug-likeness (QED) is 0.857. The van der Waals surface area contributed by atoms with Gasteiger partial charge in [0.05, 0.1) is 23.5 Å². The smallest absolute Gasteiger partial charge is 0.258 e. The van der Waals surface area contributed by atoms with Gasteiger partial charge in [0, 0.05) is 18.8 Å². The van der Waals surface area contributed by atoms with Gasteiger partial charge in [0.2, 0.25) is 0 Å². The molecule has 0 aliphatic carbocycles. The Morgan fingerprint density at radius 1 is 1.30 bits per heavy atom. The van der Waals surface area contributed by atoms with Crippen molar-refractivity contribution in [1.29, 1.82) is 5.26 Å². The summed E-state index contributed by atoms with van der Waals surface area (Å²) in [5.74, 6) is -0.121. The van der Waals surface area contributed by atoms with Gasteiger partial charge in [0.25, 0.3) is 5.91 Å². The van der Waals surface area contributed by atoms with Crippen LogP contribution in [0.15, 0.2) is 42.7 Å². The first-order valence-corrected chi connectivity index (χ1v) is 6.38. The van der Waals surface area contributed by atoms with E-state index in [0.717, 1.165) is 17.7 Å². The Hall–Kier alpha value is -2.67. The minimum Gasteiger partial charge on any atom is -0.310 e. The molecule has 2 rings (SSSR count). The van der Waals surface area contributed by atoms with Crippen LogP contribution in [0.1, 0.15) is 28.4 Å². The summed E-state index contributed by atoms with van der Waals surface area (Å²) in [5, 5.41) is 8.76. The molecule has 20 heavy (non-hydrogen) atoms. The summed E-state index contributed by atoms with van der Waals surface area (Å²) in [4.78, 5) is 18.1. The van der Waals surface area contributed by atoms with Gasteiger partial charge in [0.1, 0.15) is 0 Å². The second-order valence-corrected chi connectivity index (χ2v) is 4.46. The predicted octanol–water partition coefficient (Wildman–Crippen LogP) is 2.79. The lowest BCUT2D eigenvalue weighted by Crippen LogP contribution is -2.26. The van der Waals surface area contributed by atoms with Crippen molar-refractivity contribution in [3.63, 3.8) is 0 Å². The van der Waals surface area contributed by atoms with Gasteiger partial charge in [0.15, 0.2) is 0 Å². The molecule has 1 aromatic heterocycles. The molecule has 2 aromatic rings. The van der Waals surface area contributed by atoms with Crippen molar-refractivity contribution >= 4 is 11.6 Å². The largest absolute Gasteiger partial charge is 0.310 e. The SMILES string of the molecule is CCc1cncc(N(C)C(=O)c2ccc(C#N)cc2)c1. The van der Waals surface area contributed by atoms with Crippen LogP contribution in [-0.2, 0) is 6.42 Å². The summed E-state index contributed by atoms with van der Waals surface area (Å²) >= 11 is 0. The monoisotopic (exact) mass is 265 g/mol. The van der Waals surface area contributed by atoms with Gasteiger partial charge in [-0.05, 0) is 42.3 Å². The van der Waals surface area contributed by atoms with Gasteiger partial charge in [-0.1, -0.05) is 6.92 Å². The number of hydrogen-bond donors (Lipinski definition) is 0. The van der Waals surface area contributed by atoms with Crippen LogP contribution in [0, 0.1) is 11.3 Å². The Kier molecular flexibility index (Phi) is 4.11. The molecular formula is C16H15N3O. The molecule has 0 aliphatic rings. The standard InChI is InChI=1S/C16H15N3O/c1-3-12-8-15(11-18-10-12)19(2)16(20)14-6-4-13(9-17)5-7-14/h4-8,10-11H,3H2,1-2H3. The fraction of sp³-hybridized carbons (Fsp3) is 0.188. The summed E-state index contributed by atoms with van der Waals surface area (Å²) in [7, 11) is 1.72. The predicted molar refractivity (Wildman–Crippen MR) is 77.5 cm³/mol. The molecule has 0 radical (unpaired) electrons. The van der Waals surface area contributed by atoms with Crippen molar-refractivity contribution in [3.05, 3.63) is 59.4 Å². The van der Waals surface area contributed by atoms with Crippen molar-refractivity contribution in [2.75, 3.05) is 11.9 Å². The van der Waals surface area contributed by atoms with E-state index in [2.05, 4.69) is 4.98 Å². The highest BCUT2D eigenvalue weighted by molar-refractivity contribution is 6.05. The molecule has 0 bridgehead atoms. The fourth-order valence-corrected chi connectivity index (χ4v) is 1.85. The summed E-state index contributed by atoms with van der Waals surface area (Å²) in [6, 6.07) is 10.6. The Morgan fingerprint density at radius 3 is 2.60 bits per heavy atom. The van der Waals surface area contributed by atoms with E-state index >= 15 is 0 Å². The van der Waals surface area contributed by atoms with E-state index < -0.39 is 0 Å². The molecule has 4 nitrogen and oxygen atoms in total. The number of pyridine rings is 1. The number of carbonyl (C=O) groups is 1. The van der Waals surface area contributed by atoms with E-state index in [1.165, 1.54) is 0 Å². The molecule has 1 heterocycles. The van der Waals surface area contributed by atoms with Crippen molar-refractivity contribution in [1.82, 2.24) is 4.98 Å². The minimum atomic E-state index is -0.121. The number of aryl methyl sites for hydroxylation is 1. The Morgan fingerprint density at radius 2 is 2.00 bits per heavy atom. The zero-order valence-corrected chi connectivity index (χ0v) is 11.5. The number of hydrogen-bond acceptors (Lipinski definition) is 3. The highest BCUT2D eigenvalue weighted by atomic mass is 16.2. The normalized spacial score (nSPS) is 9.85. The van der Waals surface area contributed by atoms with Gasteiger partial charge in [-0.2, -0.15) is 5.26 Å². The average Bonchev–Trinajstić information content (AvgIpc) is 2.53. The van der Waals surface area contributed by atoms with E-state index in [1.807, 2.05) is 19.1 Å². The van der Waals surface area contributed by atoms with Gasteiger partial charge in [-0.3, -0.25) is 9.78 Å². The fourth-order valence-electron chi connectivity index (χ4n) is 1.85. The van der Waals surface area contributed by atoms with Gasteiger partial charge in [-0.15, -0.1) is 0 Å². The first-order chi connectivity index (χ1) is 9.65. The van der Waals surface area contributed by atoms with Crippen LogP contribution in [0.25, 0.3) is 0 Å². The number of carbonyl (C=O) groups excluding carboxylic acids is 1. The lowest BCUT2D eigenvalue weighted by atomic mass is 10.1. The topological polar surface area (TPSA) is 57.0 Å². The van der Waals surface area contributed by atoms with E-state index in [0.29, 0.717) is 11.1 Å². The Balaban J connectivity index is 2.25. The molecule has 100 valence electrons. The van der Waals surface area contributed by atoms with Crippen molar-refractivity contribution < 1.29 is 4.79 Å². The molecule has 0 spiro atoms. The summed E-state index contributed by atoms with van der Waals surface area (Å²) in [6.07, 6.45) is 4.34. The molecule has 0 saturated carbocycles. The summed E-state index contributed by atoms with van der Waals surface area (Å²) in [6.45, 7) is 2.04. The number of rotatable bonds is 3. The van der Waals surface area contributed by atoms with E-state index in [9.17, 15) is 4.79 Å². The van der Waals surface area contributed by atoms with E-state index in [4.69, 9.17) is 5.26 Å². The molecular weight excluding hydrogens is 250 g/mol. The number of amides is 1. The average molecular weight is 265 g/mol. The maximum absolute atomic E-state index is 12.4. The molecule has 0 fully saturated rings. The van der Waals surface area contributed by atoms with Crippen LogP contribution in [0.4, 0.5) is 5.69 Å². The number of aromatic nitrogens is 1. The molecule has 1 amide bonds. The van der Waals surface area contributed by atoms with Crippen LogP contribution < -0.4 is 4.90 Å². The third-order valence-corrected chi connectivity index (χ3v) is 3.14. The first kappa shape index (κ1) is 13.8. The van der Waals surface area contributed by atoms with Crippen molar-refractivity contribution in [3.8, 4) is 6.07 Å². The maximum Gasteiger partial charge on any atom is 0.258 e. The van der Waals surface area contributed by atoms with Crippen LogP contribution in [-0.4, -0.2) is 17.9 Å². The maximum atomic E-state index is 12.4. The van der Waals surface area contributed by atoms with Gasteiger partial charge < -0.3 is 4.90 Å². The first-order valence-electron chi connectivity index (χ1n) is 6.38. The highest BCUT2D eigenvalue weighted by Crippen LogP contribution is 2.16. The molecule has 0 unspecified atom stereocenters. The highest BCUT2D eigenvalue weighted by Gasteiger charge is 2.13. The molecule has 0 aliphatic heterocycles. The van der Waals surface area contributed by atoms with Gasteiger partial charge >= 0.3 is 0 Å². The van der Waals surface area contributed by atoms with Crippen LogP contribution in [0.3, 0.4) is 0 Å². The molecule has 0 saturated heterocycles. The lowest BCUT2D eigenvalue weighted by molar-refractivity contribution is 0.0993. The van der Waals surface area contributed by atoms with Crippen molar-refractivity contribution in [2.24, 2.45) is 0 Å². The van der Waals surface area contributed by atoms with E-state index in [1.54, 1.807) is 48.6 Å². The van der Waals surface area contributed by atoms with Crippen LogP contribution in [0.2, 0.25) is 0 Å². The lowest BCUT2D eigenvalue weighted by Gasteiger charge is -2.17. The Labute approximate surface area is 118 Å². The number of nitriles is 1. The third kappa shape index (κ3) is 2.83. The van der Waals surface area contributed by atoms with Gasteiger partial charge in [-0.25, -0.2) is 0 Å². The van der Waals surface area contributed by atoms with Crippen LogP contribution >= 0.6 is 0 Å². The molecule has 4 heteroatoms. The Bertz CT molecular complexity index is 656. The second-order valence-electron chi connectivity index (χ2n) is 4.46. The van der Waals surface area contributed by atoms with Crippen molar-refractivity contribution in [2.45, 2.75) is 13.3 Å². The second kappa shape index (κ2) is 5.98. The number of benzene rings is 1. The third-order valence-electron chi connectivity index (χ3n) is 3.14. The number of nitrogens with zero attached hydrogens (tertiary/aromatic N) is 3. The zero-order chi connectivity index (χ0) is 14.5. The minimum absolute atomic E-state index is 0.121. The number of anilines is 1. The summed E-state index contributed by atoms with van der Waals surface area (Å²) in [5.41, 5.74) is 2.94. The summed E-state index contributed by atoms with van der Waals surface area (Å²) < 4.78 is 0. The van der Waals surface area contributed by atoms with Crippen LogP contribution in [0.5, 0.6) is 0 Å².